The fraction of sp³-hybridized carbons (Fsp3) is 0.680. The SMILES string of the molecule is C=C(C)C1(C)C[Si]([Si](C)(C)C)([Si](C)(C)C)C1(O[Si](C)(C)C)c1c(C)cc(C)cc1C. The molecule has 0 bridgehead atoms. The Labute approximate surface area is 191 Å². The molecule has 30 heavy (non-hydrogen) atoms. The third kappa shape index (κ3) is 3.47. The second-order valence-corrected chi connectivity index (χ2v) is 45.3. The van der Waals surface area contributed by atoms with Crippen LogP contribution >= 0.6 is 0 Å². The normalized spacial score (nSPS) is 27.0. The zero-order chi connectivity index (χ0) is 23.7. The highest BCUT2D eigenvalue weighted by Gasteiger charge is 2.82. The quantitative estimate of drug-likeness (QED) is 0.298. The van der Waals surface area contributed by atoms with Gasteiger partial charge in [0.15, 0.2) is 8.32 Å². The minimum Gasteiger partial charge on any atom is -0.411 e. The van der Waals surface area contributed by atoms with Crippen molar-refractivity contribution >= 4 is 30.6 Å². The van der Waals surface area contributed by atoms with Crippen LogP contribution in [0.4, 0.5) is 0 Å². The lowest BCUT2D eigenvalue weighted by Crippen LogP contribution is -2.93. The van der Waals surface area contributed by atoms with Gasteiger partial charge in [0, 0.05) is 20.6 Å². The molecule has 0 aromatic heterocycles. The summed E-state index contributed by atoms with van der Waals surface area (Å²) in [5.74, 6) is 0. The molecule has 0 spiro atoms. The first-order valence-corrected chi connectivity index (χ1v) is 26.2. The third-order valence-corrected chi connectivity index (χ3v) is 49.6. The largest absolute Gasteiger partial charge is 0.411 e. The maximum atomic E-state index is 7.70. The molecule has 0 N–H and O–H groups in total. The Morgan fingerprint density at radius 3 is 1.60 bits per heavy atom. The Balaban J connectivity index is 3.17. The first-order chi connectivity index (χ1) is 13.2. The minimum atomic E-state index is -1.85. The standard InChI is InChI=1S/C25H48OSi4/c1-19(2)24(6)18-30(28(10,11)12,29(13,14)15)25(24,26-27(7,8)9)23-21(4)16-20(3)17-22(23)5/h16-17H,1,18H2,2-15H3. The van der Waals surface area contributed by atoms with Crippen molar-refractivity contribution in [1.82, 2.24) is 0 Å². The van der Waals surface area contributed by atoms with E-state index >= 15 is 0 Å². The van der Waals surface area contributed by atoms with Gasteiger partial charge < -0.3 is 4.43 Å². The fourth-order valence-corrected chi connectivity index (χ4v) is 61.1. The number of aryl methyl sites for hydroxylation is 3. The highest BCUT2D eigenvalue weighted by atomic mass is 29.6. The smallest absolute Gasteiger partial charge is 0.184 e. The van der Waals surface area contributed by atoms with Gasteiger partial charge in [0.05, 0.1) is 12.3 Å². The van der Waals surface area contributed by atoms with Crippen molar-refractivity contribution in [2.45, 2.75) is 105 Å². The summed E-state index contributed by atoms with van der Waals surface area (Å²) in [6, 6.07) is 6.17. The van der Waals surface area contributed by atoms with E-state index in [1.165, 1.54) is 28.3 Å². The van der Waals surface area contributed by atoms with Crippen LogP contribution in [0, 0.1) is 26.2 Å². The number of hydrogen-bond acceptors (Lipinski definition) is 1. The molecular formula is C25H48OSi4. The summed E-state index contributed by atoms with van der Waals surface area (Å²) in [4.78, 5) is 0. The lowest BCUT2D eigenvalue weighted by molar-refractivity contribution is 0.00271. The lowest BCUT2D eigenvalue weighted by Gasteiger charge is -2.78. The molecule has 1 heterocycles. The van der Waals surface area contributed by atoms with Crippen molar-refractivity contribution in [3.05, 3.63) is 46.5 Å². The maximum Gasteiger partial charge on any atom is 0.184 e. The van der Waals surface area contributed by atoms with Crippen LogP contribution in [0.15, 0.2) is 24.3 Å². The topological polar surface area (TPSA) is 9.23 Å². The van der Waals surface area contributed by atoms with E-state index in [1.807, 2.05) is 0 Å². The van der Waals surface area contributed by atoms with Crippen LogP contribution in [0.1, 0.15) is 36.1 Å². The summed E-state index contributed by atoms with van der Waals surface area (Å²) in [7, 11) is -6.70. The molecule has 0 aliphatic carbocycles. The zero-order valence-electron chi connectivity index (χ0n) is 22.5. The Morgan fingerprint density at radius 2 is 1.30 bits per heavy atom. The van der Waals surface area contributed by atoms with Gasteiger partial charge in [-0.1, -0.05) is 76.1 Å². The monoisotopic (exact) mass is 476 g/mol. The van der Waals surface area contributed by atoms with Crippen LogP contribution in [0.3, 0.4) is 0 Å². The minimum absolute atomic E-state index is 0.0187. The first-order valence-electron chi connectivity index (χ1n) is 11.6. The molecule has 0 amide bonds. The summed E-state index contributed by atoms with van der Waals surface area (Å²) in [5, 5.41) is -0.146. The molecule has 1 saturated heterocycles. The van der Waals surface area contributed by atoms with E-state index in [4.69, 9.17) is 4.43 Å². The van der Waals surface area contributed by atoms with Gasteiger partial charge in [-0.2, -0.15) is 0 Å². The average Bonchev–Trinajstić information content (AvgIpc) is 2.45. The first kappa shape index (κ1) is 26.0. The van der Waals surface area contributed by atoms with Crippen LogP contribution in [-0.4, -0.2) is 30.6 Å². The van der Waals surface area contributed by atoms with Crippen LogP contribution in [-0.2, 0) is 9.65 Å². The Morgan fingerprint density at radius 1 is 0.900 bits per heavy atom. The Kier molecular flexibility index (Phi) is 6.43. The number of benzene rings is 1. The molecule has 1 aromatic rings. The summed E-state index contributed by atoms with van der Waals surface area (Å²) in [6.45, 7) is 39.5. The average molecular weight is 477 g/mol. The van der Waals surface area contributed by atoms with E-state index in [2.05, 4.69) is 112 Å². The van der Waals surface area contributed by atoms with Crippen LogP contribution in [0.5, 0.6) is 0 Å². The van der Waals surface area contributed by atoms with Crippen molar-refractivity contribution in [3.8, 4) is 0 Å². The van der Waals surface area contributed by atoms with Gasteiger partial charge in [-0.15, -0.1) is 0 Å². The molecule has 170 valence electrons. The van der Waals surface area contributed by atoms with E-state index in [9.17, 15) is 0 Å². The van der Waals surface area contributed by atoms with E-state index < -0.39 is 30.6 Å². The molecule has 2 atom stereocenters. The fourth-order valence-electron chi connectivity index (χ4n) is 7.24. The van der Waals surface area contributed by atoms with Crippen molar-refractivity contribution < 1.29 is 4.43 Å². The molecule has 1 nitrogen and oxygen atoms in total. The van der Waals surface area contributed by atoms with Gasteiger partial charge >= 0.3 is 0 Å². The van der Waals surface area contributed by atoms with Crippen molar-refractivity contribution in [1.29, 1.82) is 0 Å². The second-order valence-electron chi connectivity index (χ2n) is 13.4. The summed E-state index contributed by atoms with van der Waals surface area (Å²) >= 11 is 0. The third-order valence-electron chi connectivity index (χ3n) is 7.99. The zero-order valence-corrected chi connectivity index (χ0v) is 26.5. The molecule has 1 fully saturated rings. The molecular weight excluding hydrogens is 429 g/mol. The van der Waals surface area contributed by atoms with Crippen molar-refractivity contribution in [2.24, 2.45) is 5.41 Å². The number of rotatable bonds is 6. The molecule has 2 rings (SSSR count). The Bertz CT molecular complexity index is 816. The van der Waals surface area contributed by atoms with Gasteiger partial charge in [-0.3, -0.25) is 0 Å². The van der Waals surface area contributed by atoms with Crippen LogP contribution in [0.2, 0.25) is 65.0 Å². The second kappa shape index (κ2) is 7.41. The predicted molar refractivity (Wildman–Crippen MR) is 147 cm³/mol. The predicted octanol–water partition coefficient (Wildman–Crippen LogP) is 8.08. The lowest BCUT2D eigenvalue weighted by atomic mass is 9.73. The molecule has 1 aromatic carbocycles. The number of hydrogen-bond donors (Lipinski definition) is 0. The highest BCUT2D eigenvalue weighted by molar-refractivity contribution is 7.70. The summed E-state index contributed by atoms with van der Waals surface area (Å²) < 4.78 is 7.70. The molecule has 0 radical (unpaired) electrons. The summed E-state index contributed by atoms with van der Waals surface area (Å²) in [6.07, 6.45) is 0. The molecule has 0 saturated carbocycles. The maximum absolute atomic E-state index is 7.70. The van der Waals surface area contributed by atoms with Gasteiger partial charge in [0.25, 0.3) is 0 Å². The van der Waals surface area contributed by atoms with Gasteiger partial charge in [0.1, 0.15) is 0 Å². The van der Waals surface area contributed by atoms with E-state index in [0.717, 1.165) is 0 Å². The molecule has 1 aliphatic heterocycles. The van der Waals surface area contributed by atoms with Crippen molar-refractivity contribution in [3.63, 3.8) is 0 Å². The summed E-state index contributed by atoms with van der Waals surface area (Å²) in [5.41, 5.74) is 7.12. The molecule has 1 aliphatic rings. The van der Waals surface area contributed by atoms with E-state index in [0.29, 0.717) is 0 Å². The van der Waals surface area contributed by atoms with Gasteiger partial charge in [-0.25, -0.2) is 0 Å². The van der Waals surface area contributed by atoms with Crippen LogP contribution in [0.25, 0.3) is 0 Å². The molecule has 5 heteroatoms. The van der Waals surface area contributed by atoms with Crippen molar-refractivity contribution in [2.75, 3.05) is 0 Å². The Hall–Kier alpha value is -0.212. The highest BCUT2D eigenvalue weighted by Crippen LogP contribution is 2.72. The van der Waals surface area contributed by atoms with E-state index in [1.54, 1.807) is 5.56 Å². The van der Waals surface area contributed by atoms with Crippen LogP contribution < -0.4 is 0 Å². The van der Waals surface area contributed by atoms with Gasteiger partial charge in [0.2, 0.25) is 0 Å². The molecule has 2 unspecified atom stereocenters. The van der Waals surface area contributed by atoms with Gasteiger partial charge in [-0.05, 0) is 70.1 Å². The van der Waals surface area contributed by atoms with E-state index in [-0.39, 0.29) is 10.6 Å².